The van der Waals surface area contributed by atoms with Crippen molar-refractivity contribution in [1.82, 2.24) is 0 Å². The number of nitrogens with one attached hydrogen (secondary N) is 1. The van der Waals surface area contributed by atoms with E-state index in [1.165, 1.54) is 25.9 Å². The Bertz CT molecular complexity index is 339. The molecular weight excluding hydrogens is 278 g/mol. The van der Waals surface area contributed by atoms with Gasteiger partial charge in [0, 0.05) is 10.4 Å². The molecule has 1 heterocycles. The fourth-order valence-electron chi connectivity index (χ4n) is 2.47. The molecule has 3 heteroatoms. The molecule has 1 aliphatic heterocycles. The lowest BCUT2D eigenvalue weighted by molar-refractivity contribution is -0.908. The van der Waals surface area contributed by atoms with Crippen molar-refractivity contribution in [3.05, 3.63) is 28.7 Å². The van der Waals surface area contributed by atoms with Crippen LogP contribution in [0.5, 0.6) is 5.75 Å². The first kappa shape index (κ1) is 12.9. The van der Waals surface area contributed by atoms with Gasteiger partial charge in [-0.2, -0.15) is 0 Å². The van der Waals surface area contributed by atoms with E-state index < -0.39 is 0 Å². The molecule has 1 aromatic carbocycles. The summed E-state index contributed by atoms with van der Waals surface area (Å²) >= 11 is 3.42. The number of hydrogen-bond acceptors (Lipinski definition) is 1. The van der Waals surface area contributed by atoms with Gasteiger partial charge in [0.15, 0.2) is 0 Å². The molecule has 1 unspecified atom stereocenters. The molecule has 17 heavy (non-hydrogen) atoms. The highest BCUT2D eigenvalue weighted by Gasteiger charge is 2.18. The van der Waals surface area contributed by atoms with E-state index >= 15 is 0 Å². The van der Waals surface area contributed by atoms with Gasteiger partial charge in [-0.05, 0) is 37.1 Å². The molecule has 2 rings (SSSR count). The molecule has 1 N–H and O–H groups in total. The zero-order chi connectivity index (χ0) is 12.1. The van der Waals surface area contributed by atoms with E-state index in [1.54, 1.807) is 4.90 Å². The first-order valence-electron chi connectivity index (χ1n) is 6.46. The van der Waals surface area contributed by atoms with Crippen LogP contribution in [-0.4, -0.2) is 26.2 Å². The Morgan fingerprint density at radius 3 is 2.82 bits per heavy atom. The van der Waals surface area contributed by atoms with Crippen molar-refractivity contribution in [2.75, 3.05) is 26.2 Å². The Kier molecular flexibility index (Phi) is 4.86. The minimum absolute atomic E-state index is 0.823. The number of quaternary nitrogens is 1. The molecule has 2 nitrogen and oxygen atoms in total. The molecule has 0 aromatic heterocycles. The summed E-state index contributed by atoms with van der Waals surface area (Å²) < 4.78 is 6.85. The third-order valence-corrected chi connectivity index (χ3v) is 3.93. The maximum atomic E-state index is 5.76. The van der Waals surface area contributed by atoms with Crippen LogP contribution in [0.1, 0.15) is 19.8 Å². The lowest BCUT2D eigenvalue weighted by Gasteiger charge is -2.27. The highest BCUT2D eigenvalue weighted by atomic mass is 79.9. The molecule has 1 saturated heterocycles. The van der Waals surface area contributed by atoms with E-state index in [2.05, 4.69) is 22.9 Å². The fraction of sp³-hybridized carbons (Fsp3) is 0.571. The van der Waals surface area contributed by atoms with Crippen molar-refractivity contribution in [2.45, 2.75) is 19.8 Å². The smallest absolute Gasteiger partial charge is 0.137 e. The topological polar surface area (TPSA) is 13.7 Å². The van der Waals surface area contributed by atoms with Gasteiger partial charge in [0.25, 0.3) is 0 Å². The summed E-state index contributed by atoms with van der Waals surface area (Å²) in [4.78, 5) is 1.70. The van der Waals surface area contributed by atoms with Crippen molar-refractivity contribution in [2.24, 2.45) is 5.92 Å². The third-order valence-electron chi connectivity index (χ3n) is 3.40. The Morgan fingerprint density at radius 1 is 1.35 bits per heavy atom. The maximum absolute atomic E-state index is 5.76. The van der Waals surface area contributed by atoms with Crippen LogP contribution in [0.15, 0.2) is 28.7 Å². The summed E-state index contributed by atoms with van der Waals surface area (Å²) in [6.45, 7) is 6.93. The van der Waals surface area contributed by atoms with E-state index in [0.29, 0.717) is 0 Å². The molecule has 0 saturated carbocycles. The maximum Gasteiger partial charge on any atom is 0.137 e. The lowest BCUT2D eigenvalue weighted by atomic mass is 10.0. The van der Waals surface area contributed by atoms with Crippen molar-refractivity contribution < 1.29 is 9.64 Å². The van der Waals surface area contributed by atoms with Gasteiger partial charge in [-0.25, -0.2) is 0 Å². The number of ether oxygens (including phenoxy) is 1. The van der Waals surface area contributed by atoms with Crippen molar-refractivity contribution in [3.8, 4) is 5.75 Å². The number of hydrogen-bond donors (Lipinski definition) is 1. The molecular formula is C14H21BrNO+. The predicted molar refractivity (Wildman–Crippen MR) is 73.6 cm³/mol. The first-order valence-corrected chi connectivity index (χ1v) is 7.25. The SMILES string of the molecule is C[C@@H]1CCC[NH+](CCOc2ccc(Br)cc2)C1. The van der Waals surface area contributed by atoms with Crippen molar-refractivity contribution in [3.63, 3.8) is 0 Å². The Morgan fingerprint density at radius 2 is 2.12 bits per heavy atom. The molecule has 1 fully saturated rings. The van der Waals surface area contributed by atoms with Crippen LogP contribution in [0.2, 0.25) is 0 Å². The summed E-state index contributed by atoms with van der Waals surface area (Å²) in [5, 5.41) is 0. The van der Waals surface area contributed by atoms with Gasteiger partial charge in [0.1, 0.15) is 18.9 Å². The standard InChI is InChI=1S/C14H20BrNO/c1-12-3-2-8-16(11-12)9-10-17-14-6-4-13(15)5-7-14/h4-7,12H,2-3,8-11H2,1H3/p+1/t12-/m1/s1. The van der Waals surface area contributed by atoms with Crippen LogP contribution in [0.25, 0.3) is 0 Å². The summed E-state index contributed by atoms with van der Waals surface area (Å²) in [6, 6.07) is 8.06. The number of likely N-dealkylation sites (tertiary alicyclic amines) is 1. The number of piperidine rings is 1. The average molecular weight is 299 g/mol. The normalized spacial score (nSPS) is 24.6. The van der Waals surface area contributed by atoms with E-state index in [1.807, 2.05) is 24.3 Å². The van der Waals surface area contributed by atoms with Gasteiger partial charge in [-0.15, -0.1) is 0 Å². The monoisotopic (exact) mass is 298 g/mol. The number of halogens is 1. The van der Waals surface area contributed by atoms with Gasteiger partial charge in [-0.3, -0.25) is 0 Å². The average Bonchev–Trinajstić information content (AvgIpc) is 2.32. The molecule has 2 atom stereocenters. The summed E-state index contributed by atoms with van der Waals surface area (Å²) in [7, 11) is 0. The van der Waals surface area contributed by atoms with Gasteiger partial charge < -0.3 is 9.64 Å². The molecule has 1 aromatic rings. The van der Waals surface area contributed by atoms with E-state index in [9.17, 15) is 0 Å². The van der Waals surface area contributed by atoms with Crippen molar-refractivity contribution in [1.29, 1.82) is 0 Å². The van der Waals surface area contributed by atoms with Crippen LogP contribution >= 0.6 is 15.9 Å². The predicted octanol–water partition coefficient (Wildman–Crippen LogP) is 2.14. The highest BCUT2D eigenvalue weighted by Crippen LogP contribution is 2.15. The molecule has 0 spiro atoms. The van der Waals surface area contributed by atoms with Crippen LogP contribution < -0.4 is 9.64 Å². The van der Waals surface area contributed by atoms with E-state index in [4.69, 9.17) is 4.74 Å². The second-order valence-electron chi connectivity index (χ2n) is 5.00. The fourth-order valence-corrected chi connectivity index (χ4v) is 2.73. The minimum Gasteiger partial charge on any atom is -0.488 e. The zero-order valence-electron chi connectivity index (χ0n) is 10.4. The Hall–Kier alpha value is -0.540. The second kappa shape index (κ2) is 6.41. The largest absolute Gasteiger partial charge is 0.488 e. The van der Waals surface area contributed by atoms with Crippen LogP contribution in [0, 0.1) is 5.92 Å². The van der Waals surface area contributed by atoms with Crippen LogP contribution in [-0.2, 0) is 0 Å². The second-order valence-corrected chi connectivity index (χ2v) is 5.92. The summed E-state index contributed by atoms with van der Waals surface area (Å²) in [5.74, 6) is 1.85. The summed E-state index contributed by atoms with van der Waals surface area (Å²) in [6.07, 6.45) is 2.77. The Balaban J connectivity index is 1.70. The highest BCUT2D eigenvalue weighted by molar-refractivity contribution is 9.10. The van der Waals surface area contributed by atoms with E-state index in [0.717, 1.165) is 29.3 Å². The minimum atomic E-state index is 0.823. The first-order chi connectivity index (χ1) is 8.24. The van der Waals surface area contributed by atoms with Crippen LogP contribution in [0.4, 0.5) is 0 Å². The Labute approximate surface area is 112 Å². The van der Waals surface area contributed by atoms with Gasteiger partial charge in [0.05, 0.1) is 13.1 Å². The van der Waals surface area contributed by atoms with E-state index in [-0.39, 0.29) is 0 Å². The number of rotatable bonds is 4. The molecule has 94 valence electrons. The quantitative estimate of drug-likeness (QED) is 0.899. The molecule has 1 aliphatic rings. The molecule has 0 amide bonds. The van der Waals surface area contributed by atoms with Gasteiger partial charge in [-0.1, -0.05) is 22.9 Å². The third kappa shape index (κ3) is 4.32. The van der Waals surface area contributed by atoms with Crippen molar-refractivity contribution >= 4 is 15.9 Å². The van der Waals surface area contributed by atoms with Gasteiger partial charge in [0.2, 0.25) is 0 Å². The molecule has 0 bridgehead atoms. The van der Waals surface area contributed by atoms with Gasteiger partial charge >= 0.3 is 0 Å². The number of benzene rings is 1. The van der Waals surface area contributed by atoms with Crippen LogP contribution in [0.3, 0.4) is 0 Å². The molecule has 0 radical (unpaired) electrons. The zero-order valence-corrected chi connectivity index (χ0v) is 12.0. The molecule has 0 aliphatic carbocycles. The lowest BCUT2D eigenvalue weighted by Crippen LogP contribution is -3.14. The summed E-state index contributed by atoms with van der Waals surface area (Å²) in [5.41, 5.74) is 0.